The molecule has 1 unspecified atom stereocenters. The number of rotatable bonds is 3. The highest BCUT2D eigenvalue weighted by Crippen LogP contribution is 2.36. The number of carboxylic acid groups (broad SMARTS) is 1. The fourth-order valence-electron chi connectivity index (χ4n) is 2.52. The second-order valence-electron chi connectivity index (χ2n) is 5.54. The minimum Gasteiger partial charge on any atom is -0.480 e. The zero-order valence-electron chi connectivity index (χ0n) is 11.0. The van der Waals surface area contributed by atoms with Crippen LogP contribution in [-0.2, 0) is 9.59 Å². The number of likely N-dealkylation sites (tertiary alicyclic amines) is 1. The van der Waals surface area contributed by atoms with Gasteiger partial charge in [0.2, 0.25) is 5.91 Å². The second kappa shape index (κ2) is 5.38. The number of amides is 1. The first kappa shape index (κ1) is 15.8. The molecular formula is C12H18F3NO3. The van der Waals surface area contributed by atoms with Crippen LogP contribution in [0.5, 0.6) is 0 Å². The van der Waals surface area contributed by atoms with Crippen LogP contribution in [0.2, 0.25) is 0 Å². The number of carboxylic acids is 1. The summed E-state index contributed by atoms with van der Waals surface area (Å²) in [6, 6.07) is -1.05. The zero-order valence-corrected chi connectivity index (χ0v) is 11.0. The summed E-state index contributed by atoms with van der Waals surface area (Å²) in [6.07, 6.45) is -5.07. The van der Waals surface area contributed by atoms with E-state index >= 15 is 0 Å². The molecule has 7 heteroatoms. The van der Waals surface area contributed by atoms with Crippen LogP contribution in [0.1, 0.15) is 39.5 Å². The topological polar surface area (TPSA) is 57.6 Å². The SMILES string of the molecule is CC1(C)CCCN(C(=O)CCC(F)(F)F)C1C(=O)O. The average molecular weight is 281 g/mol. The predicted octanol–water partition coefficient (Wildman–Crippen LogP) is 2.43. The maximum Gasteiger partial charge on any atom is 0.389 e. The zero-order chi connectivity index (χ0) is 14.8. The van der Waals surface area contributed by atoms with Gasteiger partial charge in [-0.2, -0.15) is 13.2 Å². The monoisotopic (exact) mass is 281 g/mol. The Hall–Kier alpha value is -1.27. The van der Waals surface area contributed by atoms with Crippen molar-refractivity contribution in [1.82, 2.24) is 4.90 Å². The first-order chi connectivity index (χ1) is 8.54. The smallest absolute Gasteiger partial charge is 0.389 e. The summed E-state index contributed by atoms with van der Waals surface area (Å²) in [7, 11) is 0. The number of carbonyl (C=O) groups is 2. The number of aliphatic carboxylic acids is 1. The minimum absolute atomic E-state index is 0.205. The van der Waals surface area contributed by atoms with Crippen LogP contribution in [0, 0.1) is 5.41 Å². The summed E-state index contributed by atoms with van der Waals surface area (Å²) in [5.41, 5.74) is -0.627. The van der Waals surface area contributed by atoms with Gasteiger partial charge in [0.25, 0.3) is 0 Å². The molecule has 0 radical (unpaired) electrons. The maximum absolute atomic E-state index is 12.1. The van der Waals surface area contributed by atoms with Gasteiger partial charge in [0.1, 0.15) is 6.04 Å². The van der Waals surface area contributed by atoms with E-state index in [1.54, 1.807) is 13.8 Å². The Kier molecular flexibility index (Phi) is 4.47. The Morgan fingerprint density at radius 3 is 2.42 bits per heavy atom. The Bertz CT molecular complexity index is 366. The third-order valence-electron chi connectivity index (χ3n) is 3.45. The predicted molar refractivity (Wildman–Crippen MR) is 61.4 cm³/mol. The third-order valence-corrected chi connectivity index (χ3v) is 3.45. The molecule has 0 aromatic carbocycles. The summed E-state index contributed by atoms with van der Waals surface area (Å²) in [5.74, 6) is -1.90. The van der Waals surface area contributed by atoms with Crippen molar-refractivity contribution in [3.8, 4) is 0 Å². The molecule has 1 atom stereocenters. The van der Waals surface area contributed by atoms with Gasteiger partial charge in [0.15, 0.2) is 0 Å². The van der Waals surface area contributed by atoms with Gasteiger partial charge in [-0.3, -0.25) is 4.79 Å². The fraction of sp³-hybridized carbons (Fsp3) is 0.833. The van der Waals surface area contributed by atoms with Crippen LogP contribution < -0.4 is 0 Å². The van der Waals surface area contributed by atoms with E-state index in [-0.39, 0.29) is 6.54 Å². The Morgan fingerprint density at radius 2 is 1.95 bits per heavy atom. The van der Waals surface area contributed by atoms with Crippen molar-refractivity contribution in [3.05, 3.63) is 0 Å². The first-order valence-electron chi connectivity index (χ1n) is 6.13. The lowest BCUT2D eigenvalue weighted by Gasteiger charge is -2.44. The van der Waals surface area contributed by atoms with Crippen molar-refractivity contribution in [1.29, 1.82) is 0 Å². The number of piperidine rings is 1. The van der Waals surface area contributed by atoms with Crippen molar-refractivity contribution >= 4 is 11.9 Å². The van der Waals surface area contributed by atoms with Crippen LogP contribution in [0.15, 0.2) is 0 Å². The molecule has 1 aliphatic heterocycles. The van der Waals surface area contributed by atoms with Crippen molar-refractivity contribution in [3.63, 3.8) is 0 Å². The number of alkyl halides is 3. The lowest BCUT2D eigenvalue weighted by atomic mass is 9.76. The van der Waals surface area contributed by atoms with Crippen LogP contribution in [0.3, 0.4) is 0 Å². The lowest BCUT2D eigenvalue weighted by Crippen LogP contribution is -2.56. The van der Waals surface area contributed by atoms with Crippen molar-refractivity contribution in [2.24, 2.45) is 5.41 Å². The molecule has 19 heavy (non-hydrogen) atoms. The van der Waals surface area contributed by atoms with Crippen LogP contribution in [0.25, 0.3) is 0 Å². The average Bonchev–Trinajstić information content (AvgIpc) is 2.22. The highest BCUT2D eigenvalue weighted by atomic mass is 19.4. The van der Waals surface area contributed by atoms with E-state index < -0.39 is 42.4 Å². The van der Waals surface area contributed by atoms with Gasteiger partial charge in [-0.25, -0.2) is 4.79 Å². The molecule has 0 spiro atoms. The van der Waals surface area contributed by atoms with Crippen LogP contribution in [-0.4, -0.2) is 40.6 Å². The number of halogens is 3. The molecule has 110 valence electrons. The summed E-state index contributed by atoms with van der Waals surface area (Å²) < 4.78 is 36.3. The third kappa shape index (κ3) is 4.11. The van der Waals surface area contributed by atoms with Crippen LogP contribution in [0.4, 0.5) is 13.2 Å². The Labute approximate surface area is 109 Å². The molecule has 0 saturated carbocycles. The molecule has 0 bridgehead atoms. The number of nitrogens with zero attached hydrogens (tertiary/aromatic N) is 1. The second-order valence-corrected chi connectivity index (χ2v) is 5.54. The van der Waals surface area contributed by atoms with Gasteiger partial charge >= 0.3 is 12.1 Å². The molecule has 1 saturated heterocycles. The van der Waals surface area contributed by atoms with E-state index in [1.807, 2.05) is 0 Å². The molecule has 1 fully saturated rings. The van der Waals surface area contributed by atoms with E-state index in [2.05, 4.69) is 0 Å². The quantitative estimate of drug-likeness (QED) is 0.864. The highest BCUT2D eigenvalue weighted by molar-refractivity contribution is 5.84. The molecule has 1 rings (SSSR count). The fourth-order valence-corrected chi connectivity index (χ4v) is 2.52. The van der Waals surface area contributed by atoms with E-state index in [9.17, 15) is 27.9 Å². The molecule has 0 aromatic rings. The molecule has 1 heterocycles. The molecule has 4 nitrogen and oxygen atoms in total. The van der Waals surface area contributed by atoms with E-state index in [0.717, 1.165) is 4.90 Å². The van der Waals surface area contributed by atoms with Crippen molar-refractivity contribution in [2.45, 2.75) is 51.7 Å². The lowest BCUT2D eigenvalue weighted by molar-refractivity contribution is -0.163. The summed E-state index contributed by atoms with van der Waals surface area (Å²) in [4.78, 5) is 24.2. The van der Waals surface area contributed by atoms with E-state index in [0.29, 0.717) is 12.8 Å². The minimum atomic E-state index is -4.40. The standard InChI is InChI=1S/C12H18F3NO3/c1-11(2)5-3-7-16(9(11)10(18)19)8(17)4-6-12(13,14)15/h9H,3-7H2,1-2H3,(H,18,19). The molecular weight excluding hydrogens is 263 g/mol. The normalized spacial score (nSPS) is 23.2. The molecule has 0 aliphatic carbocycles. The van der Waals surface area contributed by atoms with Gasteiger partial charge < -0.3 is 10.0 Å². The summed E-state index contributed by atoms with van der Waals surface area (Å²) in [5, 5.41) is 9.21. The molecule has 1 aliphatic rings. The van der Waals surface area contributed by atoms with E-state index in [4.69, 9.17) is 0 Å². The number of hydrogen-bond acceptors (Lipinski definition) is 2. The Balaban J connectivity index is 2.79. The largest absolute Gasteiger partial charge is 0.480 e. The van der Waals surface area contributed by atoms with Crippen molar-refractivity contribution < 1.29 is 27.9 Å². The van der Waals surface area contributed by atoms with E-state index in [1.165, 1.54) is 0 Å². The maximum atomic E-state index is 12.1. The molecule has 0 aromatic heterocycles. The van der Waals surface area contributed by atoms with Gasteiger partial charge in [-0.15, -0.1) is 0 Å². The van der Waals surface area contributed by atoms with Crippen LogP contribution >= 0.6 is 0 Å². The van der Waals surface area contributed by atoms with Gasteiger partial charge in [0, 0.05) is 13.0 Å². The number of carbonyl (C=O) groups excluding carboxylic acids is 1. The van der Waals surface area contributed by atoms with Gasteiger partial charge in [0.05, 0.1) is 6.42 Å². The molecule has 1 amide bonds. The Morgan fingerprint density at radius 1 is 1.37 bits per heavy atom. The molecule has 1 N–H and O–H groups in total. The van der Waals surface area contributed by atoms with Gasteiger partial charge in [-0.1, -0.05) is 13.8 Å². The van der Waals surface area contributed by atoms with Gasteiger partial charge in [-0.05, 0) is 18.3 Å². The number of hydrogen-bond donors (Lipinski definition) is 1. The first-order valence-corrected chi connectivity index (χ1v) is 6.13. The van der Waals surface area contributed by atoms with Crippen molar-refractivity contribution in [2.75, 3.05) is 6.54 Å². The summed E-state index contributed by atoms with van der Waals surface area (Å²) in [6.45, 7) is 3.64. The summed E-state index contributed by atoms with van der Waals surface area (Å²) >= 11 is 0. The highest BCUT2D eigenvalue weighted by Gasteiger charge is 2.44.